The van der Waals surface area contributed by atoms with Crippen LogP contribution < -0.4 is 22.9 Å². The number of nitrogens with two attached hydrogens (primary N) is 4. The molecule has 0 fully saturated rings. The van der Waals surface area contributed by atoms with Gasteiger partial charge in [-0.1, -0.05) is 21.6 Å². The van der Waals surface area contributed by atoms with E-state index in [-0.39, 0.29) is 11.7 Å². The molecule has 0 bridgehead atoms. The zero-order chi connectivity index (χ0) is 16.3. The minimum absolute atomic E-state index is 0.00931. The lowest BCUT2D eigenvalue weighted by Crippen LogP contribution is -2.11. The summed E-state index contributed by atoms with van der Waals surface area (Å²) in [7, 11) is 2.83. The van der Waals surface area contributed by atoms with Gasteiger partial charge in [0.15, 0.2) is 0 Å². The highest BCUT2D eigenvalue weighted by atomic mass is 33.1. The Labute approximate surface area is 136 Å². The fourth-order valence-corrected chi connectivity index (χ4v) is 3.90. The van der Waals surface area contributed by atoms with Gasteiger partial charge in [-0.25, -0.2) is 0 Å². The normalized spacial score (nSPS) is 10.4. The molecule has 8 heteroatoms. The first-order valence-corrected chi connectivity index (χ1v) is 8.36. The van der Waals surface area contributed by atoms with E-state index in [0.717, 1.165) is 9.79 Å². The first-order chi connectivity index (χ1) is 10.4. The number of amidine groups is 2. The standard InChI is InChI=1S/C14H16N6S2/c15-9-3-1-7(13(17)18)5-11(9)21-22-12-6-8(14(19)20)2-4-10(12)16/h1-6H,15-16H2,(H3,17,18)(H3,19,20). The number of rotatable bonds is 5. The van der Waals surface area contributed by atoms with E-state index >= 15 is 0 Å². The van der Waals surface area contributed by atoms with Gasteiger partial charge in [-0.05, 0) is 36.4 Å². The summed E-state index contributed by atoms with van der Waals surface area (Å²) in [5.74, 6) is -0.0186. The monoisotopic (exact) mass is 332 g/mol. The molecule has 0 saturated heterocycles. The van der Waals surface area contributed by atoms with Gasteiger partial charge in [0.1, 0.15) is 11.7 Å². The summed E-state index contributed by atoms with van der Waals surface area (Å²) >= 11 is 0. The van der Waals surface area contributed by atoms with Crippen LogP contribution in [-0.4, -0.2) is 11.7 Å². The van der Waals surface area contributed by atoms with Crippen LogP contribution in [0.1, 0.15) is 11.1 Å². The average molecular weight is 332 g/mol. The summed E-state index contributed by atoms with van der Waals surface area (Å²) in [6.07, 6.45) is 0. The second-order valence-electron chi connectivity index (χ2n) is 4.50. The maximum absolute atomic E-state index is 7.47. The molecule has 6 nitrogen and oxygen atoms in total. The smallest absolute Gasteiger partial charge is 0.122 e. The number of hydrogen-bond donors (Lipinski definition) is 6. The Hall–Kier alpha value is -2.32. The predicted molar refractivity (Wildman–Crippen MR) is 95.5 cm³/mol. The largest absolute Gasteiger partial charge is 0.398 e. The Morgan fingerprint density at radius 2 is 1.09 bits per heavy atom. The molecule has 2 aromatic rings. The van der Waals surface area contributed by atoms with E-state index in [0.29, 0.717) is 22.5 Å². The maximum atomic E-state index is 7.47. The Bertz CT molecular complexity index is 681. The average Bonchev–Trinajstić information content (AvgIpc) is 2.47. The molecule has 0 unspecified atom stereocenters. The third-order valence-electron chi connectivity index (χ3n) is 2.87. The van der Waals surface area contributed by atoms with Crippen molar-refractivity contribution in [3.63, 3.8) is 0 Å². The lowest BCUT2D eigenvalue weighted by molar-refractivity contribution is 1.38. The number of nitrogen functional groups attached to an aromatic ring is 4. The van der Waals surface area contributed by atoms with Crippen molar-refractivity contribution >= 4 is 44.6 Å². The van der Waals surface area contributed by atoms with E-state index < -0.39 is 0 Å². The molecule has 0 spiro atoms. The van der Waals surface area contributed by atoms with Crippen LogP contribution in [0.4, 0.5) is 11.4 Å². The van der Waals surface area contributed by atoms with Crippen LogP contribution in [0, 0.1) is 10.8 Å². The molecule has 22 heavy (non-hydrogen) atoms. The van der Waals surface area contributed by atoms with Crippen LogP contribution in [0.2, 0.25) is 0 Å². The molecule has 0 heterocycles. The van der Waals surface area contributed by atoms with E-state index in [1.54, 1.807) is 36.4 Å². The maximum Gasteiger partial charge on any atom is 0.122 e. The Morgan fingerprint density at radius 1 is 0.727 bits per heavy atom. The van der Waals surface area contributed by atoms with Crippen LogP contribution >= 0.6 is 21.6 Å². The van der Waals surface area contributed by atoms with Crippen molar-refractivity contribution in [2.45, 2.75) is 9.79 Å². The highest BCUT2D eigenvalue weighted by Crippen LogP contribution is 2.42. The molecule has 0 amide bonds. The van der Waals surface area contributed by atoms with Crippen molar-refractivity contribution in [1.82, 2.24) is 0 Å². The number of hydrogen-bond acceptors (Lipinski definition) is 6. The van der Waals surface area contributed by atoms with E-state index in [1.165, 1.54) is 21.6 Å². The van der Waals surface area contributed by atoms with Crippen molar-refractivity contribution in [2.24, 2.45) is 11.5 Å². The third-order valence-corrected chi connectivity index (χ3v) is 5.35. The minimum Gasteiger partial charge on any atom is -0.398 e. The van der Waals surface area contributed by atoms with E-state index in [9.17, 15) is 0 Å². The van der Waals surface area contributed by atoms with Gasteiger partial charge in [0.05, 0.1) is 0 Å². The van der Waals surface area contributed by atoms with Crippen molar-refractivity contribution in [1.29, 1.82) is 10.8 Å². The van der Waals surface area contributed by atoms with Crippen molar-refractivity contribution < 1.29 is 0 Å². The molecule has 10 N–H and O–H groups in total. The molecular formula is C14H16N6S2. The number of benzene rings is 2. The topological polar surface area (TPSA) is 152 Å². The highest BCUT2D eigenvalue weighted by molar-refractivity contribution is 8.76. The van der Waals surface area contributed by atoms with Crippen LogP contribution in [0.25, 0.3) is 0 Å². The van der Waals surface area contributed by atoms with Gasteiger partial charge in [0.2, 0.25) is 0 Å². The van der Waals surface area contributed by atoms with Gasteiger partial charge in [-0.15, -0.1) is 0 Å². The quantitative estimate of drug-likeness (QED) is 0.214. The lowest BCUT2D eigenvalue weighted by atomic mass is 10.2. The first kappa shape index (κ1) is 16.1. The van der Waals surface area contributed by atoms with E-state index in [1.807, 2.05) is 0 Å². The molecule has 0 aliphatic carbocycles. The predicted octanol–water partition coefficient (Wildman–Crippen LogP) is 2.22. The SMILES string of the molecule is N=C(N)c1ccc(N)c(SSc2cc(C(=N)N)ccc2N)c1. The van der Waals surface area contributed by atoms with Crippen LogP contribution in [-0.2, 0) is 0 Å². The fourth-order valence-electron chi connectivity index (χ4n) is 1.64. The second-order valence-corrected chi connectivity index (χ2v) is 6.71. The molecule has 0 aliphatic rings. The molecule has 0 aromatic heterocycles. The van der Waals surface area contributed by atoms with Crippen LogP contribution in [0.3, 0.4) is 0 Å². The summed E-state index contributed by atoms with van der Waals surface area (Å²) in [4.78, 5) is 1.59. The molecule has 2 aromatic carbocycles. The highest BCUT2D eigenvalue weighted by Gasteiger charge is 2.08. The summed E-state index contributed by atoms with van der Waals surface area (Å²) in [6.45, 7) is 0. The first-order valence-electron chi connectivity index (χ1n) is 6.21. The van der Waals surface area contributed by atoms with Crippen LogP contribution in [0.5, 0.6) is 0 Å². The molecule has 0 radical (unpaired) electrons. The van der Waals surface area contributed by atoms with Gasteiger partial charge in [0, 0.05) is 32.3 Å². The van der Waals surface area contributed by atoms with E-state index in [2.05, 4.69) is 0 Å². The molecule has 0 atom stereocenters. The molecular weight excluding hydrogens is 316 g/mol. The van der Waals surface area contributed by atoms with Crippen molar-refractivity contribution in [2.75, 3.05) is 11.5 Å². The molecule has 0 saturated carbocycles. The fraction of sp³-hybridized carbons (Fsp3) is 0. The van der Waals surface area contributed by atoms with Gasteiger partial charge < -0.3 is 22.9 Å². The Kier molecular flexibility index (Phi) is 4.84. The minimum atomic E-state index is -0.00931. The zero-order valence-electron chi connectivity index (χ0n) is 11.6. The second kappa shape index (κ2) is 6.63. The lowest BCUT2D eigenvalue weighted by Gasteiger charge is -2.09. The molecule has 0 aliphatic heterocycles. The molecule has 2 rings (SSSR count). The summed E-state index contributed by atoms with van der Waals surface area (Å²) in [5.41, 5.74) is 25.3. The molecule has 114 valence electrons. The van der Waals surface area contributed by atoms with Gasteiger partial charge >= 0.3 is 0 Å². The van der Waals surface area contributed by atoms with Crippen molar-refractivity contribution in [3.05, 3.63) is 47.5 Å². The zero-order valence-corrected chi connectivity index (χ0v) is 13.2. The summed E-state index contributed by atoms with van der Waals surface area (Å²) < 4.78 is 0. The van der Waals surface area contributed by atoms with E-state index in [4.69, 9.17) is 33.8 Å². The van der Waals surface area contributed by atoms with Gasteiger partial charge in [-0.2, -0.15) is 0 Å². The van der Waals surface area contributed by atoms with Crippen LogP contribution in [0.15, 0.2) is 46.2 Å². The summed E-state index contributed by atoms with van der Waals surface area (Å²) in [5, 5.41) is 14.9. The number of anilines is 2. The summed E-state index contributed by atoms with van der Waals surface area (Å²) in [6, 6.07) is 10.4. The Balaban J connectivity index is 2.23. The number of nitrogens with one attached hydrogen (secondary N) is 2. The Morgan fingerprint density at radius 3 is 1.41 bits per heavy atom. The third kappa shape index (κ3) is 3.66. The van der Waals surface area contributed by atoms with Crippen molar-refractivity contribution in [3.8, 4) is 0 Å². The van der Waals surface area contributed by atoms with Gasteiger partial charge in [0.25, 0.3) is 0 Å². The van der Waals surface area contributed by atoms with Gasteiger partial charge in [-0.3, -0.25) is 10.8 Å².